The molecular formula is C16H19F3N2O2. The smallest absolute Gasteiger partial charge is 0.354 e. The number of amides is 1. The highest BCUT2D eigenvalue weighted by Gasteiger charge is 2.34. The van der Waals surface area contributed by atoms with Gasteiger partial charge in [0.15, 0.2) is 0 Å². The van der Waals surface area contributed by atoms with Gasteiger partial charge in [0.25, 0.3) is 5.56 Å². The molecule has 0 saturated carbocycles. The number of halogens is 3. The molecule has 1 aliphatic rings. The summed E-state index contributed by atoms with van der Waals surface area (Å²) in [6, 6.07) is 1.83. The van der Waals surface area contributed by atoms with Crippen molar-refractivity contribution in [2.75, 3.05) is 6.54 Å². The van der Waals surface area contributed by atoms with Gasteiger partial charge >= 0.3 is 6.18 Å². The highest BCUT2D eigenvalue weighted by Crippen LogP contribution is 2.25. The Morgan fingerprint density at radius 2 is 2.09 bits per heavy atom. The monoisotopic (exact) mass is 328 g/mol. The summed E-state index contributed by atoms with van der Waals surface area (Å²) in [4.78, 5) is 23.5. The second-order valence-electron chi connectivity index (χ2n) is 5.56. The maximum Gasteiger partial charge on any atom is 0.421 e. The predicted molar refractivity (Wildman–Crippen MR) is 79.9 cm³/mol. The van der Waals surface area contributed by atoms with Gasteiger partial charge in [0.2, 0.25) is 5.91 Å². The Bertz CT molecular complexity index is 647. The normalized spacial score (nSPS) is 15.2. The van der Waals surface area contributed by atoms with E-state index in [1.807, 2.05) is 0 Å². The Morgan fingerprint density at radius 1 is 1.30 bits per heavy atom. The van der Waals surface area contributed by atoms with Crippen LogP contribution in [0.2, 0.25) is 0 Å². The van der Waals surface area contributed by atoms with E-state index in [0.717, 1.165) is 36.3 Å². The van der Waals surface area contributed by atoms with Gasteiger partial charge in [0.05, 0.1) is 0 Å². The number of carbonyl (C=O) groups is 1. The number of nitrogens with one attached hydrogen (secondary N) is 1. The second kappa shape index (κ2) is 7.48. The molecular weight excluding hydrogens is 309 g/mol. The number of hydrogen-bond donors (Lipinski definition) is 1. The summed E-state index contributed by atoms with van der Waals surface area (Å²) in [5, 5.41) is 2.64. The molecule has 4 nitrogen and oxygen atoms in total. The van der Waals surface area contributed by atoms with Crippen LogP contribution in [0.1, 0.15) is 37.7 Å². The fourth-order valence-electron chi connectivity index (χ4n) is 2.58. The first-order valence-corrected chi connectivity index (χ1v) is 7.59. The van der Waals surface area contributed by atoms with Crippen LogP contribution in [0.3, 0.4) is 0 Å². The van der Waals surface area contributed by atoms with Crippen molar-refractivity contribution in [3.63, 3.8) is 0 Å². The van der Waals surface area contributed by atoms with Crippen molar-refractivity contribution in [2.24, 2.45) is 0 Å². The molecule has 1 aliphatic carbocycles. The lowest BCUT2D eigenvalue weighted by Gasteiger charge is -2.13. The number of aromatic nitrogens is 1. The van der Waals surface area contributed by atoms with Crippen molar-refractivity contribution in [3.05, 3.63) is 45.9 Å². The summed E-state index contributed by atoms with van der Waals surface area (Å²) < 4.78 is 38.7. The molecule has 0 aromatic carbocycles. The van der Waals surface area contributed by atoms with Gasteiger partial charge in [-0.2, -0.15) is 13.2 Å². The molecule has 0 saturated heterocycles. The Balaban J connectivity index is 1.90. The summed E-state index contributed by atoms with van der Waals surface area (Å²) in [7, 11) is 0. The molecule has 0 spiro atoms. The molecule has 1 aromatic rings. The van der Waals surface area contributed by atoms with E-state index >= 15 is 0 Å². The number of allylic oxidation sites excluding steroid dienone is 1. The third kappa shape index (κ3) is 4.97. The lowest BCUT2D eigenvalue weighted by atomic mass is 9.97. The van der Waals surface area contributed by atoms with Crippen LogP contribution in [0.25, 0.3) is 0 Å². The third-order valence-corrected chi connectivity index (χ3v) is 3.79. The first-order chi connectivity index (χ1) is 10.9. The van der Waals surface area contributed by atoms with Crippen LogP contribution in [0.5, 0.6) is 0 Å². The van der Waals surface area contributed by atoms with E-state index in [1.54, 1.807) is 0 Å². The van der Waals surface area contributed by atoms with Crippen LogP contribution in [-0.4, -0.2) is 17.0 Å². The average molecular weight is 328 g/mol. The van der Waals surface area contributed by atoms with Gasteiger partial charge in [0.1, 0.15) is 12.1 Å². The third-order valence-electron chi connectivity index (χ3n) is 3.79. The standard InChI is InChI=1S/C16H19F3N2O2/c17-16(18,19)13-7-4-10-21(15(13)23)11-14(22)20-9-8-12-5-2-1-3-6-12/h4-5,7,10H,1-3,6,8-9,11H2,(H,20,22). The molecule has 1 amide bonds. The highest BCUT2D eigenvalue weighted by molar-refractivity contribution is 5.75. The number of pyridine rings is 1. The Labute approximate surface area is 132 Å². The number of rotatable bonds is 5. The van der Waals surface area contributed by atoms with E-state index in [1.165, 1.54) is 18.2 Å². The number of alkyl halides is 3. The topological polar surface area (TPSA) is 51.1 Å². The van der Waals surface area contributed by atoms with E-state index in [2.05, 4.69) is 11.4 Å². The van der Waals surface area contributed by atoms with Gasteiger partial charge in [-0.25, -0.2) is 0 Å². The quantitative estimate of drug-likeness (QED) is 0.845. The lowest BCUT2D eigenvalue weighted by Crippen LogP contribution is -2.35. The zero-order chi connectivity index (χ0) is 16.9. The molecule has 0 unspecified atom stereocenters. The van der Waals surface area contributed by atoms with E-state index in [4.69, 9.17) is 0 Å². The van der Waals surface area contributed by atoms with Crippen molar-refractivity contribution < 1.29 is 18.0 Å². The summed E-state index contributed by atoms with van der Waals surface area (Å²) >= 11 is 0. The molecule has 0 fully saturated rings. The molecule has 0 aliphatic heterocycles. The summed E-state index contributed by atoms with van der Waals surface area (Å²) in [6.07, 6.45) is 3.81. The molecule has 1 aromatic heterocycles. The zero-order valence-corrected chi connectivity index (χ0v) is 12.7. The first-order valence-electron chi connectivity index (χ1n) is 7.59. The number of hydrogen-bond acceptors (Lipinski definition) is 2. The molecule has 0 bridgehead atoms. The Morgan fingerprint density at radius 3 is 2.74 bits per heavy atom. The van der Waals surface area contributed by atoms with Crippen LogP contribution in [0.4, 0.5) is 13.2 Å². The zero-order valence-electron chi connectivity index (χ0n) is 12.7. The fourth-order valence-corrected chi connectivity index (χ4v) is 2.58. The van der Waals surface area contributed by atoms with Gasteiger partial charge in [-0.1, -0.05) is 11.6 Å². The molecule has 2 rings (SSSR count). The molecule has 126 valence electrons. The maximum atomic E-state index is 12.7. The van der Waals surface area contributed by atoms with Crippen LogP contribution in [0.15, 0.2) is 34.8 Å². The SMILES string of the molecule is O=C(Cn1cccc(C(F)(F)F)c1=O)NCCC1=CCCCC1. The van der Waals surface area contributed by atoms with Crippen molar-refractivity contribution >= 4 is 5.91 Å². The molecule has 0 radical (unpaired) electrons. The fraction of sp³-hybridized carbons (Fsp3) is 0.500. The van der Waals surface area contributed by atoms with E-state index < -0.39 is 29.8 Å². The molecule has 23 heavy (non-hydrogen) atoms. The average Bonchev–Trinajstić information content (AvgIpc) is 2.49. The summed E-state index contributed by atoms with van der Waals surface area (Å²) in [5.74, 6) is -0.470. The Kier molecular flexibility index (Phi) is 5.63. The van der Waals surface area contributed by atoms with Crippen LogP contribution >= 0.6 is 0 Å². The summed E-state index contributed by atoms with van der Waals surface area (Å²) in [6.45, 7) is 0.0141. The van der Waals surface area contributed by atoms with E-state index in [0.29, 0.717) is 12.6 Å². The van der Waals surface area contributed by atoms with Crippen molar-refractivity contribution in [1.29, 1.82) is 0 Å². The highest BCUT2D eigenvalue weighted by atomic mass is 19.4. The van der Waals surface area contributed by atoms with Gasteiger partial charge in [-0.15, -0.1) is 0 Å². The van der Waals surface area contributed by atoms with E-state index in [-0.39, 0.29) is 0 Å². The number of carbonyl (C=O) groups excluding carboxylic acids is 1. The van der Waals surface area contributed by atoms with Crippen LogP contribution in [0, 0.1) is 0 Å². The van der Waals surface area contributed by atoms with Crippen LogP contribution in [-0.2, 0) is 17.5 Å². The van der Waals surface area contributed by atoms with Gasteiger partial charge < -0.3 is 9.88 Å². The van der Waals surface area contributed by atoms with Crippen molar-refractivity contribution in [3.8, 4) is 0 Å². The van der Waals surface area contributed by atoms with E-state index in [9.17, 15) is 22.8 Å². The molecule has 1 heterocycles. The molecule has 7 heteroatoms. The first kappa shape index (κ1) is 17.3. The molecule has 1 N–H and O–H groups in total. The van der Waals surface area contributed by atoms with Gasteiger partial charge in [-0.05, 0) is 44.2 Å². The maximum absolute atomic E-state index is 12.7. The number of nitrogens with zero attached hydrogens (tertiary/aromatic N) is 1. The summed E-state index contributed by atoms with van der Waals surface area (Å²) in [5.41, 5.74) is -1.17. The molecule has 0 atom stereocenters. The van der Waals surface area contributed by atoms with Crippen molar-refractivity contribution in [1.82, 2.24) is 9.88 Å². The minimum atomic E-state index is -4.72. The minimum Gasteiger partial charge on any atom is -0.354 e. The predicted octanol–water partition coefficient (Wildman–Crippen LogP) is 2.87. The second-order valence-corrected chi connectivity index (χ2v) is 5.56. The minimum absolute atomic E-state index is 0.415. The van der Waals surface area contributed by atoms with Gasteiger partial charge in [0, 0.05) is 12.7 Å². The largest absolute Gasteiger partial charge is 0.421 e. The van der Waals surface area contributed by atoms with Gasteiger partial charge in [-0.3, -0.25) is 9.59 Å². The lowest BCUT2D eigenvalue weighted by molar-refractivity contribution is -0.139. The Hall–Kier alpha value is -2.05. The van der Waals surface area contributed by atoms with Crippen LogP contribution < -0.4 is 10.9 Å². The van der Waals surface area contributed by atoms with Crippen molar-refractivity contribution in [2.45, 2.75) is 44.8 Å².